The van der Waals surface area contributed by atoms with Crippen molar-refractivity contribution in [2.75, 3.05) is 11.5 Å². The van der Waals surface area contributed by atoms with E-state index in [9.17, 15) is 0 Å². The van der Waals surface area contributed by atoms with Gasteiger partial charge >= 0.3 is 0 Å². The van der Waals surface area contributed by atoms with Crippen molar-refractivity contribution >= 4 is 11.6 Å². The third-order valence-corrected chi connectivity index (χ3v) is 2.44. The molecule has 0 spiro atoms. The highest BCUT2D eigenvalue weighted by atomic mass is 16.5. The first-order valence-electron chi connectivity index (χ1n) is 5.03. The quantitative estimate of drug-likeness (QED) is 0.681. The monoisotopic (exact) mass is 244 g/mol. The van der Waals surface area contributed by atoms with Gasteiger partial charge in [-0.15, -0.1) is 0 Å². The standard InChI is InChI=1S/C10H8N6O2/c11-9-7(17-15-13-9)5-3-1-2-4-6(5)8-10(12)14-16-18-8/h1-4H,11-12H2. The minimum atomic E-state index is 0.188. The minimum absolute atomic E-state index is 0.188. The topological polar surface area (TPSA) is 130 Å². The zero-order chi connectivity index (χ0) is 12.5. The molecule has 0 bridgehead atoms. The summed E-state index contributed by atoms with van der Waals surface area (Å²) in [6.45, 7) is 0. The van der Waals surface area contributed by atoms with Crippen LogP contribution in [0.2, 0.25) is 0 Å². The van der Waals surface area contributed by atoms with Crippen LogP contribution in [0.25, 0.3) is 22.6 Å². The van der Waals surface area contributed by atoms with Gasteiger partial charge in [-0.3, -0.25) is 0 Å². The molecule has 0 aliphatic rings. The van der Waals surface area contributed by atoms with Crippen LogP contribution in [0.15, 0.2) is 33.3 Å². The summed E-state index contributed by atoms with van der Waals surface area (Å²) in [4.78, 5) is 0. The summed E-state index contributed by atoms with van der Waals surface area (Å²) in [6, 6.07) is 7.22. The van der Waals surface area contributed by atoms with Crippen molar-refractivity contribution in [3.8, 4) is 22.6 Å². The summed E-state index contributed by atoms with van der Waals surface area (Å²) >= 11 is 0. The van der Waals surface area contributed by atoms with E-state index in [0.717, 1.165) is 0 Å². The minimum Gasteiger partial charge on any atom is -0.379 e. The lowest BCUT2D eigenvalue weighted by Gasteiger charge is -2.03. The number of nitrogens with two attached hydrogens (primary N) is 2. The van der Waals surface area contributed by atoms with Gasteiger partial charge < -0.3 is 20.5 Å². The number of anilines is 2. The molecule has 3 rings (SSSR count). The number of rotatable bonds is 2. The molecule has 0 aliphatic heterocycles. The predicted molar refractivity (Wildman–Crippen MR) is 61.9 cm³/mol. The average molecular weight is 244 g/mol. The number of aromatic nitrogens is 4. The molecule has 90 valence electrons. The smallest absolute Gasteiger partial charge is 0.211 e. The first-order chi connectivity index (χ1) is 8.77. The average Bonchev–Trinajstić information content (AvgIpc) is 2.98. The number of hydrogen-bond donors (Lipinski definition) is 2. The lowest BCUT2D eigenvalue weighted by atomic mass is 10.0. The molecular formula is C10H8N6O2. The van der Waals surface area contributed by atoms with Gasteiger partial charge in [0.25, 0.3) is 0 Å². The number of nitrogen functional groups attached to an aromatic ring is 2. The Morgan fingerprint density at radius 3 is 1.56 bits per heavy atom. The van der Waals surface area contributed by atoms with Crippen molar-refractivity contribution in [1.82, 2.24) is 20.7 Å². The van der Waals surface area contributed by atoms with Gasteiger partial charge in [0.15, 0.2) is 11.6 Å². The molecule has 2 aromatic heterocycles. The Labute approximate surface area is 101 Å². The Hall–Kier alpha value is -2.90. The van der Waals surface area contributed by atoms with E-state index in [1.54, 1.807) is 12.1 Å². The molecular weight excluding hydrogens is 236 g/mol. The second kappa shape index (κ2) is 3.84. The second-order valence-corrected chi connectivity index (χ2v) is 3.52. The molecule has 0 unspecified atom stereocenters. The molecule has 1 aromatic carbocycles. The SMILES string of the molecule is Nc1nnoc1-c1ccccc1-c1onnc1N. The third kappa shape index (κ3) is 1.47. The summed E-state index contributed by atoms with van der Waals surface area (Å²) in [7, 11) is 0. The Morgan fingerprint density at radius 1 is 0.778 bits per heavy atom. The summed E-state index contributed by atoms with van der Waals surface area (Å²) in [5, 5.41) is 14.0. The molecule has 4 N–H and O–H groups in total. The predicted octanol–water partition coefficient (Wildman–Crippen LogP) is 0.951. The van der Waals surface area contributed by atoms with E-state index < -0.39 is 0 Å². The normalized spacial score (nSPS) is 10.7. The molecule has 0 amide bonds. The van der Waals surface area contributed by atoms with Crippen molar-refractivity contribution in [2.45, 2.75) is 0 Å². The van der Waals surface area contributed by atoms with Gasteiger partial charge in [-0.05, 0) is 0 Å². The molecule has 3 aromatic rings. The van der Waals surface area contributed by atoms with E-state index in [1.165, 1.54) is 0 Å². The highest BCUT2D eigenvalue weighted by Gasteiger charge is 2.19. The van der Waals surface area contributed by atoms with Crippen LogP contribution in [-0.2, 0) is 0 Å². The van der Waals surface area contributed by atoms with Gasteiger partial charge in [0, 0.05) is 21.7 Å². The van der Waals surface area contributed by atoms with Crippen LogP contribution in [0.4, 0.5) is 11.6 Å². The van der Waals surface area contributed by atoms with E-state index in [1.807, 2.05) is 12.1 Å². The molecule has 0 aliphatic carbocycles. The van der Waals surface area contributed by atoms with Crippen LogP contribution in [0, 0.1) is 0 Å². The first kappa shape index (κ1) is 10.3. The van der Waals surface area contributed by atoms with Crippen molar-refractivity contribution in [2.24, 2.45) is 0 Å². The van der Waals surface area contributed by atoms with Gasteiger partial charge in [-0.1, -0.05) is 34.5 Å². The van der Waals surface area contributed by atoms with E-state index in [-0.39, 0.29) is 11.6 Å². The molecule has 0 fully saturated rings. The van der Waals surface area contributed by atoms with Gasteiger partial charge in [-0.25, -0.2) is 0 Å². The lowest BCUT2D eigenvalue weighted by Crippen LogP contribution is -1.92. The van der Waals surface area contributed by atoms with Crippen molar-refractivity contribution in [3.63, 3.8) is 0 Å². The summed E-state index contributed by atoms with van der Waals surface area (Å²) in [5.41, 5.74) is 12.7. The fraction of sp³-hybridized carbons (Fsp3) is 0. The Bertz CT molecular complexity index is 630. The zero-order valence-corrected chi connectivity index (χ0v) is 9.07. The third-order valence-electron chi connectivity index (χ3n) is 2.44. The maximum Gasteiger partial charge on any atom is 0.211 e. The molecule has 0 saturated heterocycles. The van der Waals surface area contributed by atoms with Crippen LogP contribution in [0.3, 0.4) is 0 Å². The van der Waals surface area contributed by atoms with Crippen LogP contribution in [0.1, 0.15) is 0 Å². The highest BCUT2D eigenvalue weighted by molar-refractivity contribution is 5.85. The maximum absolute atomic E-state index is 5.67. The molecule has 2 heterocycles. The van der Waals surface area contributed by atoms with Crippen LogP contribution in [0.5, 0.6) is 0 Å². The second-order valence-electron chi connectivity index (χ2n) is 3.52. The van der Waals surface area contributed by atoms with Crippen LogP contribution >= 0.6 is 0 Å². The molecule has 8 heteroatoms. The molecule has 0 atom stereocenters. The van der Waals surface area contributed by atoms with Crippen molar-refractivity contribution < 1.29 is 9.05 Å². The summed E-state index contributed by atoms with van der Waals surface area (Å²) in [6.07, 6.45) is 0. The van der Waals surface area contributed by atoms with Crippen LogP contribution in [-0.4, -0.2) is 20.7 Å². The van der Waals surface area contributed by atoms with Crippen molar-refractivity contribution in [3.05, 3.63) is 24.3 Å². The molecule has 8 nitrogen and oxygen atoms in total. The van der Waals surface area contributed by atoms with Crippen molar-refractivity contribution in [1.29, 1.82) is 0 Å². The van der Waals surface area contributed by atoms with Gasteiger partial charge in [0.05, 0.1) is 0 Å². The highest BCUT2D eigenvalue weighted by Crippen LogP contribution is 2.35. The summed E-state index contributed by atoms with van der Waals surface area (Å²) < 4.78 is 10.0. The summed E-state index contributed by atoms with van der Waals surface area (Å²) in [5.74, 6) is 1.07. The molecule has 0 saturated carbocycles. The fourth-order valence-corrected chi connectivity index (χ4v) is 1.65. The van der Waals surface area contributed by atoms with Gasteiger partial charge in [-0.2, -0.15) is 0 Å². The largest absolute Gasteiger partial charge is 0.379 e. The maximum atomic E-state index is 5.67. The van der Waals surface area contributed by atoms with E-state index in [2.05, 4.69) is 20.7 Å². The Morgan fingerprint density at radius 2 is 1.22 bits per heavy atom. The Kier molecular flexibility index (Phi) is 2.19. The number of hydrogen-bond acceptors (Lipinski definition) is 8. The zero-order valence-electron chi connectivity index (χ0n) is 9.07. The van der Waals surface area contributed by atoms with E-state index in [4.69, 9.17) is 20.5 Å². The fourth-order valence-electron chi connectivity index (χ4n) is 1.65. The van der Waals surface area contributed by atoms with E-state index in [0.29, 0.717) is 22.6 Å². The van der Waals surface area contributed by atoms with Gasteiger partial charge in [0.2, 0.25) is 11.5 Å². The van der Waals surface area contributed by atoms with E-state index >= 15 is 0 Å². The number of benzene rings is 1. The van der Waals surface area contributed by atoms with Gasteiger partial charge in [0.1, 0.15) is 0 Å². The first-order valence-corrected chi connectivity index (χ1v) is 5.03. The van der Waals surface area contributed by atoms with Crippen LogP contribution < -0.4 is 11.5 Å². The number of nitrogens with zero attached hydrogens (tertiary/aromatic N) is 4. The molecule has 0 radical (unpaired) electrons. The Balaban J connectivity index is 2.24. The molecule has 18 heavy (non-hydrogen) atoms. The lowest BCUT2D eigenvalue weighted by molar-refractivity contribution is 0.400.